The second kappa shape index (κ2) is 6.68. The maximum Gasteiger partial charge on any atom is 0.331 e. The van der Waals surface area contributed by atoms with E-state index in [9.17, 15) is 4.79 Å². The molecular weight excluding hydrogens is 306 g/mol. The zero-order chi connectivity index (χ0) is 18.0. The normalized spacial score (nSPS) is 14.5. The average molecular weight is 331 g/mol. The Hall–Kier alpha value is -2.28. The zero-order valence-corrected chi connectivity index (χ0v) is 14.8. The first-order valence-electron chi connectivity index (χ1n) is 7.96. The van der Waals surface area contributed by atoms with Crippen LogP contribution in [-0.2, 0) is 15.1 Å². The van der Waals surface area contributed by atoms with E-state index in [4.69, 9.17) is 10.5 Å². The minimum absolute atomic E-state index is 0.142. The van der Waals surface area contributed by atoms with Gasteiger partial charge in [-0.3, -0.25) is 0 Å². The van der Waals surface area contributed by atoms with Gasteiger partial charge in [0.05, 0.1) is 6.10 Å². The number of hydrogen-bond donors (Lipinski definition) is 2. The highest BCUT2D eigenvalue weighted by molar-refractivity contribution is 5.83. The topological polar surface area (TPSA) is 107 Å². The first-order valence-corrected chi connectivity index (χ1v) is 7.96. The minimum Gasteiger partial charge on any atom is -0.461 e. The minimum atomic E-state index is -1.21. The van der Waals surface area contributed by atoms with Crippen LogP contribution in [0.2, 0.25) is 0 Å². The molecule has 7 heteroatoms. The molecule has 1 atom stereocenters. The van der Waals surface area contributed by atoms with Crippen molar-refractivity contribution in [1.29, 1.82) is 0 Å². The lowest BCUT2D eigenvalue weighted by Gasteiger charge is -2.34. The smallest absolute Gasteiger partial charge is 0.331 e. The first kappa shape index (κ1) is 18.1. The number of aromatic nitrogens is 4. The number of esters is 1. The van der Waals surface area contributed by atoms with E-state index in [-0.39, 0.29) is 11.5 Å². The molecule has 1 aromatic heterocycles. The van der Waals surface area contributed by atoms with E-state index in [1.54, 1.807) is 0 Å². The van der Waals surface area contributed by atoms with Gasteiger partial charge in [0, 0.05) is 5.56 Å². The maximum atomic E-state index is 12.7. The van der Waals surface area contributed by atoms with Crippen molar-refractivity contribution in [3.05, 3.63) is 29.8 Å². The van der Waals surface area contributed by atoms with Crippen LogP contribution in [0.4, 0.5) is 0 Å². The van der Waals surface area contributed by atoms with Gasteiger partial charge in [-0.2, -0.15) is 5.21 Å². The van der Waals surface area contributed by atoms with Crippen molar-refractivity contribution >= 4 is 5.97 Å². The van der Waals surface area contributed by atoms with Gasteiger partial charge in [0.1, 0.15) is 5.54 Å². The number of carbonyl (C=O) groups is 1. The molecule has 0 radical (unpaired) electrons. The summed E-state index contributed by atoms with van der Waals surface area (Å²) in [4.78, 5) is 12.7. The van der Waals surface area contributed by atoms with Crippen LogP contribution in [0.5, 0.6) is 0 Å². The molecule has 0 amide bonds. The highest BCUT2D eigenvalue weighted by atomic mass is 16.5. The molecule has 7 nitrogen and oxygen atoms in total. The van der Waals surface area contributed by atoms with E-state index in [2.05, 4.69) is 20.6 Å². The number of ether oxygens (including phenoxy) is 1. The fourth-order valence-corrected chi connectivity index (χ4v) is 2.65. The van der Waals surface area contributed by atoms with Gasteiger partial charge >= 0.3 is 5.97 Å². The molecule has 1 aromatic carbocycles. The third-order valence-corrected chi connectivity index (χ3v) is 3.52. The summed E-state index contributed by atoms with van der Waals surface area (Å²) in [6, 6.07) is 7.29. The summed E-state index contributed by atoms with van der Waals surface area (Å²) in [6.45, 7) is 9.77. The fraction of sp³-hybridized carbons (Fsp3) is 0.529. The average Bonchev–Trinajstić information content (AvgIpc) is 2.99. The molecule has 0 saturated carbocycles. The number of nitrogens with zero attached hydrogens (tertiary/aromatic N) is 3. The maximum absolute atomic E-state index is 12.7. The fourth-order valence-electron chi connectivity index (χ4n) is 2.65. The quantitative estimate of drug-likeness (QED) is 0.815. The molecule has 0 saturated heterocycles. The van der Waals surface area contributed by atoms with Crippen molar-refractivity contribution < 1.29 is 9.53 Å². The lowest BCUT2D eigenvalue weighted by atomic mass is 9.76. The van der Waals surface area contributed by atoms with Crippen molar-refractivity contribution in [2.75, 3.05) is 0 Å². The predicted octanol–water partition coefficient (Wildman–Crippen LogP) is 2.41. The molecule has 0 aliphatic carbocycles. The van der Waals surface area contributed by atoms with E-state index >= 15 is 0 Å². The highest BCUT2D eigenvalue weighted by Crippen LogP contribution is 2.35. The number of tetrazole rings is 1. The van der Waals surface area contributed by atoms with Gasteiger partial charge in [-0.1, -0.05) is 45.0 Å². The summed E-state index contributed by atoms with van der Waals surface area (Å²) < 4.78 is 5.41. The molecule has 1 unspecified atom stereocenters. The van der Waals surface area contributed by atoms with Crippen molar-refractivity contribution in [3.63, 3.8) is 0 Å². The summed E-state index contributed by atoms with van der Waals surface area (Å²) in [5, 5.41) is 13.8. The molecule has 0 spiro atoms. The molecule has 0 bridgehead atoms. The van der Waals surface area contributed by atoms with E-state index in [0.29, 0.717) is 17.8 Å². The van der Waals surface area contributed by atoms with E-state index < -0.39 is 11.5 Å². The van der Waals surface area contributed by atoms with Crippen molar-refractivity contribution in [3.8, 4) is 11.4 Å². The predicted molar refractivity (Wildman–Crippen MR) is 90.8 cm³/mol. The van der Waals surface area contributed by atoms with Gasteiger partial charge in [-0.15, -0.1) is 10.2 Å². The van der Waals surface area contributed by atoms with Gasteiger partial charge in [0.2, 0.25) is 5.82 Å². The van der Waals surface area contributed by atoms with Crippen molar-refractivity contribution in [2.24, 2.45) is 11.1 Å². The number of benzene rings is 1. The number of rotatable bonds is 5. The van der Waals surface area contributed by atoms with E-state index in [1.165, 1.54) is 0 Å². The molecule has 24 heavy (non-hydrogen) atoms. The third-order valence-electron chi connectivity index (χ3n) is 3.52. The molecule has 0 aliphatic heterocycles. The van der Waals surface area contributed by atoms with E-state index in [1.807, 2.05) is 58.9 Å². The van der Waals surface area contributed by atoms with Crippen LogP contribution in [-0.4, -0.2) is 32.7 Å². The summed E-state index contributed by atoms with van der Waals surface area (Å²) in [6.07, 6.45) is 0.242. The van der Waals surface area contributed by atoms with Gasteiger partial charge in [-0.25, -0.2) is 4.79 Å². The number of H-pyrrole nitrogens is 1. The third kappa shape index (κ3) is 4.17. The van der Waals surface area contributed by atoms with Crippen LogP contribution < -0.4 is 5.73 Å². The molecule has 1 heterocycles. The first-order chi connectivity index (χ1) is 11.1. The Balaban J connectivity index is 2.37. The summed E-state index contributed by atoms with van der Waals surface area (Å²) >= 11 is 0. The van der Waals surface area contributed by atoms with Gasteiger partial charge in [0.25, 0.3) is 0 Å². The number of hydrogen-bond acceptors (Lipinski definition) is 6. The summed E-state index contributed by atoms with van der Waals surface area (Å²) in [5.74, 6) is 0.0736. The zero-order valence-electron chi connectivity index (χ0n) is 14.8. The van der Waals surface area contributed by atoms with Crippen molar-refractivity contribution in [1.82, 2.24) is 20.6 Å². The highest BCUT2D eigenvalue weighted by Gasteiger charge is 2.41. The van der Waals surface area contributed by atoms with Gasteiger partial charge in [-0.05, 0) is 36.5 Å². The Bertz CT molecular complexity index is 674. The van der Waals surface area contributed by atoms with Crippen LogP contribution in [0.15, 0.2) is 24.3 Å². The standard InChI is InChI=1S/C17H25N5O2/c1-11(2)24-15(23)17(18,10-16(3,4)5)13-8-6-12(7-9-13)14-19-21-22-20-14/h6-9,11H,10,18H2,1-5H3,(H,19,20,21,22). The molecule has 2 rings (SSSR count). The van der Waals surface area contributed by atoms with Crippen LogP contribution in [0, 0.1) is 5.41 Å². The number of nitrogens with one attached hydrogen (secondary N) is 1. The van der Waals surface area contributed by atoms with Crippen LogP contribution in [0.3, 0.4) is 0 Å². The Labute approximate surface area is 142 Å². The van der Waals surface area contributed by atoms with Crippen molar-refractivity contribution in [2.45, 2.75) is 52.7 Å². The Kier molecular flexibility index (Phi) is 5.03. The Morgan fingerprint density at radius 3 is 2.33 bits per heavy atom. The molecule has 2 aromatic rings. The SMILES string of the molecule is CC(C)OC(=O)C(N)(CC(C)(C)C)c1ccc(-c2nn[nH]n2)cc1. The largest absolute Gasteiger partial charge is 0.461 e. The Morgan fingerprint density at radius 1 is 1.25 bits per heavy atom. The van der Waals surface area contributed by atoms with Crippen LogP contribution in [0.25, 0.3) is 11.4 Å². The molecule has 0 fully saturated rings. The number of nitrogens with two attached hydrogens (primary N) is 1. The summed E-state index contributed by atoms with van der Waals surface area (Å²) in [7, 11) is 0. The number of aromatic amines is 1. The molecule has 130 valence electrons. The monoisotopic (exact) mass is 331 g/mol. The second-order valence-electron chi connectivity index (χ2n) is 7.48. The lowest BCUT2D eigenvalue weighted by Crippen LogP contribution is -2.49. The van der Waals surface area contributed by atoms with Crippen LogP contribution in [0.1, 0.15) is 46.6 Å². The molecular formula is C17H25N5O2. The van der Waals surface area contributed by atoms with Gasteiger partial charge < -0.3 is 10.5 Å². The van der Waals surface area contributed by atoms with Gasteiger partial charge in [0.15, 0.2) is 0 Å². The molecule has 3 N–H and O–H groups in total. The molecule has 0 aliphatic rings. The van der Waals surface area contributed by atoms with Crippen LogP contribution >= 0.6 is 0 Å². The lowest BCUT2D eigenvalue weighted by molar-refractivity contribution is -0.156. The Morgan fingerprint density at radius 2 is 1.88 bits per heavy atom. The number of carbonyl (C=O) groups excluding carboxylic acids is 1. The summed E-state index contributed by atoms with van der Waals surface area (Å²) in [5.41, 5.74) is 6.69. The van der Waals surface area contributed by atoms with E-state index in [0.717, 1.165) is 5.56 Å². The second-order valence-corrected chi connectivity index (χ2v) is 7.48.